The maximum atomic E-state index is 4.41. The Hall–Kier alpha value is -3.97. The molecule has 34 heavy (non-hydrogen) atoms. The Kier molecular flexibility index (Phi) is 8.54. The molecule has 3 rings (SSSR count). The molecule has 0 saturated carbocycles. The molecule has 1 heterocycles. The van der Waals surface area contributed by atoms with Gasteiger partial charge >= 0.3 is 0 Å². The number of allylic oxidation sites excluding steroid dienone is 10. The average Bonchev–Trinajstić information content (AvgIpc) is 2.87. The van der Waals surface area contributed by atoms with Crippen molar-refractivity contribution in [3.8, 4) is 22.3 Å². The van der Waals surface area contributed by atoms with E-state index < -0.39 is 0 Å². The molecule has 1 heteroatoms. The van der Waals surface area contributed by atoms with Gasteiger partial charge in [-0.05, 0) is 108 Å². The van der Waals surface area contributed by atoms with Crippen LogP contribution in [0.1, 0.15) is 38.8 Å². The summed E-state index contributed by atoms with van der Waals surface area (Å²) in [6.45, 7) is 16.6. The van der Waals surface area contributed by atoms with Gasteiger partial charge in [0.2, 0.25) is 0 Å². The third-order valence-corrected chi connectivity index (χ3v) is 5.82. The molecule has 0 amide bonds. The number of nitrogens with zero attached hydrogens (tertiary/aromatic N) is 1. The molecule has 0 saturated heterocycles. The van der Waals surface area contributed by atoms with Gasteiger partial charge in [-0.1, -0.05) is 73.9 Å². The van der Waals surface area contributed by atoms with Crippen LogP contribution >= 0.6 is 0 Å². The summed E-state index contributed by atoms with van der Waals surface area (Å²) in [7, 11) is 0. The third kappa shape index (κ3) is 6.08. The number of aromatic nitrogens is 1. The van der Waals surface area contributed by atoms with E-state index in [1.807, 2.05) is 31.3 Å². The molecular formula is C33H33N. The van der Waals surface area contributed by atoms with Crippen LogP contribution in [0.3, 0.4) is 0 Å². The zero-order valence-corrected chi connectivity index (χ0v) is 20.7. The van der Waals surface area contributed by atoms with E-state index in [0.717, 1.165) is 44.5 Å². The second-order valence-electron chi connectivity index (χ2n) is 8.30. The van der Waals surface area contributed by atoms with Crippen molar-refractivity contribution in [3.05, 3.63) is 139 Å². The van der Waals surface area contributed by atoms with Crippen LogP contribution in [0.15, 0.2) is 128 Å². The quantitative estimate of drug-likeness (QED) is 0.316. The Morgan fingerprint density at radius 1 is 0.853 bits per heavy atom. The lowest BCUT2D eigenvalue weighted by molar-refractivity contribution is 1.33. The number of hydrogen-bond donors (Lipinski definition) is 0. The lowest BCUT2D eigenvalue weighted by Crippen LogP contribution is -1.91. The first-order valence-electron chi connectivity index (χ1n) is 11.6. The van der Waals surface area contributed by atoms with Crippen LogP contribution in [-0.4, -0.2) is 4.98 Å². The largest absolute Gasteiger partial charge is 0.264 e. The first kappa shape index (κ1) is 24.7. The van der Waals surface area contributed by atoms with E-state index in [2.05, 4.69) is 112 Å². The Morgan fingerprint density at radius 2 is 1.56 bits per heavy atom. The fraction of sp³-hybridized carbons (Fsp3) is 0.121. The second-order valence-corrected chi connectivity index (χ2v) is 8.30. The Labute approximate surface area is 204 Å². The van der Waals surface area contributed by atoms with Gasteiger partial charge in [0, 0.05) is 18.0 Å². The van der Waals surface area contributed by atoms with Crippen LogP contribution in [0, 0.1) is 0 Å². The normalized spacial score (nSPS) is 12.8. The number of rotatable bonds is 8. The van der Waals surface area contributed by atoms with Crippen molar-refractivity contribution in [2.75, 3.05) is 0 Å². The first-order chi connectivity index (χ1) is 16.5. The smallest absolute Gasteiger partial charge is 0.0346 e. The van der Waals surface area contributed by atoms with Gasteiger partial charge in [0.15, 0.2) is 0 Å². The summed E-state index contributed by atoms with van der Waals surface area (Å²) >= 11 is 0. The van der Waals surface area contributed by atoms with Crippen LogP contribution in [-0.2, 0) is 0 Å². The van der Waals surface area contributed by atoms with Gasteiger partial charge in [0.1, 0.15) is 0 Å². The molecule has 0 N–H and O–H groups in total. The van der Waals surface area contributed by atoms with Gasteiger partial charge in [-0.3, -0.25) is 4.98 Å². The summed E-state index contributed by atoms with van der Waals surface area (Å²) in [5.74, 6) is 0. The summed E-state index contributed by atoms with van der Waals surface area (Å²) in [4.78, 5) is 4.28. The predicted octanol–water partition coefficient (Wildman–Crippen LogP) is 9.49. The molecule has 0 atom stereocenters. The standard InChI is InChI=1S/C33H33N/c1-7-12-24(4)31-20-32(26(6)18-25(5)27(9-3)13-8-2)22-33(21-31)29-15-10-14-28(19-29)30-16-11-17-34-23-30/h7-23H,1,6H2,2-5H3/b13-8-,24-12+,25-18+,27-9+. The SMILES string of the molecule is C=C/C=C(\C)c1cc(C(=C)/C=C(C)/C(/C=C\C)=C/C)cc(-c2cccc(-c3cccnc3)c2)c1. The molecular weight excluding hydrogens is 410 g/mol. The fourth-order valence-electron chi connectivity index (χ4n) is 3.96. The summed E-state index contributed by atoms with van der Waals surface area (Å²) in [6.07, 6.45) is 16.1. The lowest BCUT2D eigenvalue weighted by atomic mass is 9.91. The minimum Gasteiger partial charge on any atom is -0.264 e. The van der Waals surface area contributed by atoms with E-state index >= 15 is 0 Å². The number of pyridine rings is 1. The highest BCUT2D eigenvalue weighted by Gasteiger charge is 2.09. The molecule has 0 radical (unpaired) electrons. The highest BCUT2D eigenvalue weighted by atomic mass is 14.6. The van der Waals surface area contributed by atoms with Crippen molar-refractivity contribution in [1.82, 2.24) is 4.98 Å². The topological polar surface area (TPSA) is 12.9 Å². The van der Waals surface area contributed by atoms with Crippen LogP contribution in [0.25, 0.3) is 33.4 Å². The van der Waals surface area contributed by atoms with Crippen LogP contribution in [0.5, 0.6) is 0 Å². The molecule has 0 unspecified atom stereocenters. The number of hydrogen-bond acceptors (Lipinski definition) is 1. The molecule has 2 aromatic carbocycles. The first-order valence-corrected chi connectivity index (χ1v) is 11.6. The summed E-state index contributed by atoms with van der Waals surface area (Å²) < 4.78 is 0. The molecule has 0 spiro atoms. The average molecular weight is 444 g/mol. The van der Waals surface area contributed by atoms with E-state index in [0.29, 0.717) is 0 Å². The van der Waals surface area contributed by atoms with Gasteiger partial charge in [-0.25, -0.2) is 0 Å². The molecule has 170 valence electrons. The molecule has 0 bridgehead atoms. The minimum atomic E-state index is 0.985. The zero-order valence-electron chi connectivity index (χ0n) is 20.7. The molecule has 1 aromatic heterocycles. The van der Waals surface area contributed by atoms with Crippen LogP contribution in [0.4, 0.5) is 0 Å². The minimum absolute atomic E-state index is 0.985. The highest BCUT2D eigenvalue weighted by molar-refractivity contribution is 5.83. The molecule has 3 aromatic rings. The lowest BCUT2D eigenvalue weighted by Gasteiger charge is -2.13. The Bertz CT molecular complexity index is 1300. The molecule has 0 fully saturated rings. The fourth-order valence-corrected chi connectivity index (χ4v) is 3.96. The maximum Gasteiger partial charge on any atom is 0.0346 e. The molecule has 1 nitrogen and oxygen atoms in total. The van der Waals surface area contributed by atoms with E-state index in [1.54, 1.807) is 6.20 Å². The summed E-state index contributed by atoms with van der Waals surface area (Å²) in [5.41, 5.74) is 11.4. The van der Waals surface area contributed by atoms with E-state index in [-0.39, 0.29) is 0 Å². The van der Waals surface area contributed by atoms with Gasteiger partial charge in [-0.15, -0.1) is 0 Å². The molecule has 0 aliphatic rings. The maximum absolute atomic E-state index is 4.41. The van der Waals surface area contributed by atoms with Gasteiger partial charge in [0.25, 0.3) is 0 Å². The van der Waals surface area contributed by atoms with Crippen molar-refractivity contribution in [3.63, 3.8) is 0 Å². The van der Waals surface area contributed by atoms with Gasteiger partial charge in [0.05, 0.1) is 0 Å². The van der Waals surface area contributed by atoms with Crippen molar-refractivity contribution < 1.29 is 0 Å². The van der Waals surface area contributed by atoms with Crippen molar-refractivity contribution in [1.29, 1.82) is 0 Å². The highest BCUT2D eigenvalue weighted by Crippen LogP contribution is 2.32. The van der Waals surface area contributed by atoms with Crippen molar-refractivity contribution in [2.45, 2.75) is 27.7 Å². The summed E-state index contributed by atoms with van der Waals surface area (Å²) in [5, 5.41) is 0. The Morgan fingerprint density at radius 3 is 2.21 bits per heavy atom. The zero-order chi connectivity index (χ0) is 24.5. The molecule has 0 aliphatic carbocycles. The van der Waals surface area contributed by atoms with E-state index in [9.17, 15) is 0 Å². The van der Waals surface area contributed by atoms with E-state index in [4.69, 9.17) is 0 Å². The second kappa shape index (κ2) is 11.8. The van der Waals surface area contributed by atoms with Crippen LogP contribution in [0.2, 0.25) is 0 Å². The predicted molar refractivity (Wildman–Crippen MR) is 150 cm³/mol. The monoisotopic (exact) mass is 443 g/mol. The molecule has 0 aliphatic heterocycles. The third-order valence-electron chi connectivity index (χ3n) is 5.82. The van der Waals surface area contributed by atoms with Crippen LogP contribution < -0.4 is 0 Å². The number of benzene rings is 2. The van der Waals surface area contributed by atoms with E-state index in [1.165, 1.54) is 11.1 Å². The summed E-state index contributed by atoms with van der Waals surface area (Å²) in [6, 6.07) is 19.3. The van der Waals surface area contributed by atoms with Gasteiger partial charge in [-0.2, -0.15) is 0 Å². The van der Waals surface area contributed by atoms with Crippen molar-refractivity contribution in [2.24, 2.45) is 0 Å². The van der Waals surface area contributed by atoms with Crippen molar-refractivity contribution >= 4 is 11.1 Å². The Balaban J connectivity index is 2.12. The van der Waals surface area contributed by atoms with Gasteiger partial charge < -0.3 is 0 Å².